The maximum Gasteiger partial charge on any atom is 0.234 e. The van der Waals surface area contributed by atoms with E-state index in [1.165, 1.54) is 11.8 Å². The zero-order chi connectivity index (χ0) is 19.7. The fraction of sp³-hybridized carbons (Fsp3) is 0.238. The van der Waals surface area contributed by atoms with Crippen LogP contribution in [-0.4, -0.2) is 31.2 Å². The molecule has 1 N–H and O–H groups in total. The van der Waals surface area contributed by atoms with Crippen LogP contribution in [0.15, 0.2) is 47.6 Å². The van der Waals surface area contributed by atoms with Crippen molar-refractivity contribution in [3.63, 3.8) is 0 Å². The number of aromatic nitrogens is 4. The normalized spacial score (nSPS) is 11.2. The number of rotatable bonds is 5. The molecular formula is C21H21N5OS. The number of para-hydroxylation sites is 2. The second-order valence-electron chi connectivity index (χ2n) is 6.61. The van der Waals surface area contributed by atoms with Gasteiger partial charge in [-0.1, -0.05) is 49.0 Å². The summed E-state index contributed by atoms with van der Waals surface area (Å²) in [7, 11) is 0. The Bertz CT molecular complexity index is 1180. The van der Waals surface area contributed by atoms with E-state index in [0.29, 0.717) is 11.0 Å². The summed E-state index contributed by atoms with van der Waals surface area (Å²) in [5.74, 6) is 0.863. The Hall–Kier alpha value is -2.93. The third-order valence-electron chi connectivity index (χ3n) is 4.59. The monoisotopic (exact) mass is 391 g/mol. The van der Waals surface area contributed by atoms with E-state index in [0.717, 1.165) is 39.8 Å². The van der Waals surface area contributed by atoms with Crippen LogP contribution in [0.1, 0.15) is 23.9 Å². The zero-order valence-corrected chi connectivity index (χ0v) is 16.9. The van der Waals surface area contributed by atoms with Gasteiger partial charge < -0.3 is 5.32 Å². The molecule has 1 amide bonds. The highest BCUT2D eigenvalue weighted by atomic mass is 32.2. The number of benzene rings is 2. The summed E-state index contributed by atoms with van der Waals surface area (Å²) in [6.07, 6.45) is 0.871. The Kier molecular flexibility index (Phi) is 5.00. The quantitative estimate of drug-likeness (QED) is 0.408. The van der Waals surface area contributed by atoms with Crippen LogP contribution in [-0.2, 0) is 11.2 Å². The number of hydrogen-bond acceptors (Lipinski definition) is 5. The van der Waals surface area contributed by atoms with Crippen LogP contribution in [0.4, 0.5) is 5.69 Å². The summed E-state index contributed by atoms with van der Waals surface area (Å²) >= 11 is 1.36. The molecular weight excluding hydrogens is 370 g/mol. The van der Waals surface area contributed by atoms with Gasteiger partial charge in [0.15, 0.2) is 10.8 Å². The number of hydrogen-bond donors (Lipinski definition) is 1. The van der Waals surface area contributed by atoms with Gasteiger partial charge in [0, 0.05) is 11.1 Å². The van der Waals surface area contributed by atoms with E-state index in [2.05, 4.69) is 22.3 Å². The smallest absolute Gasteiger partial charge is 0.234 e. The number of anilines is 1. The molecule has 7 heteroatoms. The molecule has 28 heavy (non-hydrogen) atoms. The molecule has 0 unspecified atom stereocenters. The largest absolute Gasteiger partial charge is 0.325 e. The van der Waals surface area contributed by atoms with Gasteiger partial charge in [-0.15, -0.1) is 5.10 Å². The van der Waals surface area contributed by atoms with E-state index in [1.807, 2.05) is 56.3 Å². The van der Waals surface area contributed by atoms with Crippen LogP contribution in [0.3, 0.4) is 0 Å². The molecule has 0 saturated carbocycles. The molecule has 4 aromatic rings. The summed E-state index contributed by atoms with van der Waals surface area (Å²) in [6.45, 7) is 5.95. The SMILES string of the molecule is CCc1cccc(C)c1NC(=O)CSc1nc2ccccc2c2nc(C)nn12. The van der Waals surface area contributed by atoms with Crippen LogP contribution in [0.25, 0.3) is 16.6 Å². The van der Waals surface area contributed by atoms with Crippen molar-refractivity contribution in [2.24, 2.45) is 0 Å². The Morgan fingerprint density at radius 3 is 2.75 bits per heavy atom. The molecule has 4 rings (SSSR count). The second-order valence-corrected chi connectivity index (χ2v) is 7.55. The topological polar surface area (TPSA) is 72.2 Å². The number of amides is 1. The average Bonchev–Trinajstić information content (AvgIpc) is 3.09. The molecule has 0 fully saturated rings. The van der Waals surface area contributed by atoms with E-state index in [4.69, 9.17) is 4.98 Å². The van der Waals surface area contributed by atoms with Crippen molar-refractivity contribution in [1.29, 1.82) is 0 Å². The molecule has 0 bridgehead atoms. The minimum absolute atomic E-state index is 0.0612. The van der Waals surface area contributed by atoms with Crippen molar-refractivity contribution >= 4 is 39.9 Å². The lowest BCUT2D eigenvalue weighted by atomic mass is 10.1. The van der Waals surface area contributed by atoms with E-state index in [9.17, 15) is 4.79 Å². The molecule has 0 aliphatic rings. The van der Waals surface area contributed by atoms with Gasteiger partial charge >= 0.3 is 0 Å². The lowest BCUT2D eigenvalue weighted by molar-refractivity contribution is -0.113. The molecule has 0 atom stereocenters. The van der Waals surface area contributed by atoms with Crippen LogP contribution < -0.4 is 5.32 Å². The van der Waals surface area contributed by atoms with Gasteiger partial charge in [-0.3, -0.25) is 4.79 Å². The third kappa shape index (κ3) is 3.45. The minimum atomic E-state index is -0.0612. The minimum Gasteiger partial charge on any atom is -0.325 e. The van der Waals surface area contributed by atoms with Gasteiger partial charge in [-0.2, -0.15) is 4.52 Å². The van der Waals surface area contributed by atoms with Gasteiger partial charge in [0.2, 0.25) is 5.91 Å². The fourth-order valence-corrected chi connectivity index (χ4v) is 3.98. The molecule has 2 aromatic carbocycles. The summed E-state index contributed by atoms with van der Waals surface area (Å²) in [6, 6.07) is 13.9. The number of thioether (sulfide) groups is 1. The lowest BCUT2D eigenvalue weighted by Crippen LogP contribution is -2.16. The number of fused-ring (bicyclic) bond motifs is 3. The molecule has 142 valence electrons. The summed E-state index contributed by atoms with van der Waals surface area (Å²) in [5, 5.41) is 9.12. The summed E-state index contributed by atoms with van der Waals surface area (Å²) in [5.41, 5.74) is 4.71. The molecule has 6 nitrogen and oxygen atoms in total. The first-order valence-corrected chi connectivity index (χ1v) is 10.2. The number of carbonyl (C=O) groups excluding carboxylic acids is 1. The molecule has 0 spiro atoms. The van der Waals surface area contributed by atoms with Gasteiger partial charge in [-0.25, -0.2) is 9.97 Å². The summed E-state index contributed by atoms with van der Waals surface area (Å²) in [4.78, 5) is 21.8. The maximum absolute atomic E-state index is 12.6. The molecule has 0 radical (unpaired) electrons. The average molecular weight is 392 g/mol. The van der Waals surface area contributed by atoms with Crippen LogP contribution >= 0.6 is 11.8 Å². The van der Waals surface area contributed by atoms with Crippen molar-refractivity contribution in [2.75, 3.05) is 11.1 Å². The van der Waals surface area contributed by atoms with E-state index in [-0.39, 0.29) is 11.7 Å². The van der Waals surface area contributed by atoms with Gasteiger partial charge in [0.1, 0.15) is 5.82 Å². The zero-order valence-electron chi connectivity index (χ0n) is 16.1. The highest BCUT2D eigenvalue weighted by Gasteiger charge is 2.15. The number of aryl methyl sites for hydroxylation is 3. The van der Waals surface area contributed by atoms with Crippen molar-refractivity contribution in [3.05, 3.63) is 59.4 Å². The number of nitrogens with one attached hydrogen (secondary N) is 1. The third-order valence-corrected chi connectivity index (χ3v) is 5.52. The van der Waals surface area contributed by atoms with Crippen LogP contribution in [0.5, 0.6) is 0 Å². The van der Waals surface area contributed by atoms with Gasteiger partial charge in [0.25, 0.3) is 0 Å². The Balaban J connectivity index is 1.60. The molecule has 0 aliphatic carbocycles. The van der Waals surface area contributed by atoms with E-state index in [1.54, 1.807) is 4.52 Å². The van der Waals surface area contributed by atoms with Crippen LogP contribution in [0.2, 0.25) is 0 Å². The Labute approximate surface area is 167 Å². The molecule has 0 saturated heterocycles. The van der Waals surface area contributed by atoms with Crippen LogP contribution in [0, 0.1) is 13.8 Å². The molecule has 2 heterocycles. The predicted molar refractivity (Wildman–Crippen MR) is 113 cm³/mol. The molecule has 2 aromatic heterocycles. The van der Waals surface area contributed by atoms with Crippen molar-refractivity contribution in [1.82, 2.24) is 19.6 Å². The first-order chi connectivity index (χ1) is 13.6. The first kappa shape index (κ1) is 18.4. The molecule has 0 aliphatic heterocycles. The highest BCUT2D eigenvalue weighted by molar-refractivity contribution is 7.99. The predicted octanol–water partition coefficient (Wildman–Crippen LogP) is 4.19. The Morgan fingerprint density at radius 1 is 1.11 bits per heavy atom. The first-order valence-electron chi connectivity index (χ1n) is 9.20. The lowest BCUT2D eigenvalue weighted by Gasteiger charge is -2.13. The van der Waals surface area contributed by atoms with E-state index < -0.39 is 0 Å². The fourth-order valence-electron chi connectivity index (χ4n) is 3.23. The second kappa shape index (κ2) is 7.59. The van der Waals surface area contributed by atoms with Crippen molar-refractivity contribution in [2.45, 2.75) is 32.3 Å². The number of nitrogens with zero attached hydrogens (tertiary/aromatic N) is 4. The van der Waals surface area contributed by atoms with E-state index >= 15 is 0 Å². The Morgan fingerprint density at radius 2 is 1.93 bits per heavy atom. The standard InChI is InChI=1S/C21H21N5OS/c1-4-15-9-7-8-13(2)19(15)24-18(27)12-28-21-23-17-11-6-5-10-16(17)20-22-14(3)25-26(20)21/h5-11H,4,12H2,1-3H3,(H,24,27). The van der Waals surface area contributed by atoms with Gasteiger partial charge in [0.05, 0.1) is 11.3 Å². The van der Waals surface area contributed by atoms with Gasteiger partial charge in [-0.05, 0) is 43.5 Å². The summed E-state index contributed by atoms with van der Waals surface area (Å²) < 4.78 is 1.72. The highest BCUT2D eigenvalue weighted by Crippen LogP contribution is 2.25. The van der Waals surface area contributed by atoms with Crippen molar-refractivity contribution < 1.29 is 4.79 Å². The maximum atomic E-state index is 12.6. The number of carbonyl (C=O) groups is 1. The van der Waals surface area contributed by atoms with Crippen molar-refractivity contribution in [3.8, 4) is 0 Å².